The van der Waals surface area contributed by atoms with Gasteiger partial charge in [0, 0.05) is 5.92 Å². The van der Waals surface area contributed by atoms with Gasteiger partial charge in [-0.2, -0.15) is 0 Å². The van der Waals surface area contributed by atoms with Crippen LogP contribution in [-0.4, -0.2) is 10.7 Å². The Kier molecular flexibility index (Phi) is 3.37. The fourth-order valence-corrected chi connectivity index (χ4v) is 0.970. The Bertz CT molecular complexity index is 125. The van der Waals surface area contributed by atoms with Gasteiger partial charge in [-0.25, -0.2) is 0 Å². The minimum atomic E-state index is -0.795. The average Bonchev–Trinajstić information content (AvgIpc) is 1.90. The highest BCUT2D eigenvalue weighted by atomic mass is 16.3. The van der Waals surface area contributed by atoms with E-state index in [1.54, 1.807) is 19.1 Å². The third-order valence-corrected chi connectivity index (χ3v) is 1.89. The van der Waals surface area contributed by atoms with Gasteiger partial charge >= 0.3 is 0 Å². The van der Waals surface area contributed by atoms with Crippen molar-refractivity contribution >= 4 is 0 Å². The topological polar surface area (TPSA) is 20.2 Å². The molecule has 0 spiro atoms. The lowest BCUT2D eigenvalue weighted by Gasteiger charge is -2.25. The second-order valence-electron chi connectivity index (χ2n) is 2.68. The van der Waals surface area contributed by atoms with Crippen molar-refractivity contribution in [2.75, 3.05) is 0 Å². The molecule has 0 aromatic rings. The summed E-state index contributed by atoms with van der Waals surface area (Å²) in [5, 5.41) is 9.59. The Morgan fingerprint density at radius 2 is 2.10 bits per heavy atom. The molecule has 1 heteroatoms. The maximum Gasteiger partial charge on any atom is 0.0859 e. The molecule has 0 bridgehead atoms. The predicted molar refractivity (Wildman–Crippen MR) is 44.8 cm³/mol. The average molecular weight is 140 g/mol. The zero-order valence-corrected chi connectivity index (χ0v) is 6.80. The minimum Gasteiger partial charge on any atom is -0.385 e. The standard InChI is InChI=1S/C9H16O/c1-5-8(6-2)9(4,10)7-3/h5,7-8,10H,1,3,6H2,2,4H3. The lowest BCUT2D eigenvalue weighted by Crippen LogP contribution is -2.29. The number of hydrogen-bond acceptors (Lipinski definition) is 1. The summed E-state index contributed by atoms with van der Waals surface area (Å²) in [6.07, 6.45) is 4.22. The molecule has 0 rings (SSSR count). The summed E-state index contributed by atoms with van der Waals surface area (Å²) < 4.78 is 0. The Hall–Kier alpha value is -0.560. The van der Waals surface area contributed by atoms with Gasteiger partial charge in [0.05, 0.1) is 5.60 Å². The molecule has 0 heterocycles. The van der Waals surface area contributed by atoms with Crippen LogP contribution >= 0.6 is 0 Å². The van der Waals surface area contributed by atoms with Gasteiger partial charge < -0.3 is 5.11 Å². The van der Waals surface area contributed by atoms with E-state index in [4.69, 9.17) is 0 Å². The van der Waals surface area contributed by atoms with Gasteiger partial charge in [-0.1, -0.05) is 19.1 Å². The van der Waals surface area contributed by atoms with Crippen LogP contribution in [0.25, 0.3) is 0 Å². The number of aliphatic hydroxyl groups is 1. The second kappa shape index (κ2) is 3.57. The highest BCUT2D eigenvalue weighted by Gasteiger charge is 2.23. The van der Waals surface area contributed by atoms with Gasteiger partial charge in [-0.05, 0) is 13.3 Å². The largest absolute Gasteiger partial charge is 0.385 e. The zero-order valence-electron chi connectivity index (χ0n) is 6.80. The molecule has 0 saturated heterocycles. The molecule has 2 atom stereocenters. The summed E-state index contributed by atoms with van der Waals surface area (Å²) in [6.45, 7) is 11.0. The molecule has 0 fully saturated rings. The van der Waals surface area contributed by atoms with Crippen molar-refractivity contribution in [2.45, 2.75) is 25.9 Å². The van der Waals surface area contributed by atoms with Gasteiger partial charge in [0.1, 0.15) is 0 Å². The lowest BCUT2D eigenvalue weighted by molar-refractivity contribution is 0.0659. The molecular formula is C9H16O. The van der Waals surface area contributed by atoms with Crippen LogP contribution in [0.5, 0.6) is 0 Å². The highest BCUT2D eigenvalue weighted by Crippen LogP contribution is 2.21. The van der Waals surface area contributed by atoms with E-state index in [1.807, 2.05) is 6.92 Å². The first-order chi connectivity index (χ1) is 4.58. The van der Waals surface area contributed by atoms with Crippen molar-refractivity contribution in [1.82, 2.24) is 0 Å². The number of rotatable bonds is 4. The van der Waals surface area contributed by atoms with Crippen LogP contribution in [0.3, 0.4) is 0 Å². The molecule has 0 amide bonds. The fraction of sp³-hybridized carbons (Fsp3) is 0.556. The SMILES string of the molecule is C=CC(CC)C(C)(O)C=C. The maximum atomic E-state index is 9.59. The van der Waals surface area contributed by atoms with Gasteiger partial charge in [-0.3, -0.25) is 0 Å². The van der Waals surface area contributed by atoms with Crippen molar-refractivity contribution in [1.29, 1.82) is 0 Å². The lowest BCUT2D eigenvalue weighted by atomic mass is 9.87. The van der Waals surface area contributed by atoms with Crippen molar-refractivity contribution in [3.8, 4) is 0 Å². The molecule has 1 N–H and O–H groups in total. The van der Waals surface area contributed by atoms with Crippen LogP contribution in [0.4, 0.5) is 0 Å². The van der Waals surface area contributed by atoms with E-state index in [-0.39, 0.29) is 5.92 Å². The monoisotopic (exact) mass is 140 g/mol. The second-order valence-corrected chi connectivity index (χ2v) is 2.68. The summed E-state index contributed by atoms with van der Waals surface area (Å²) in [5.41, 5.74) is -0.795. The molecule has 2 unspecified atom stereocenters. The van der Waals surface area contributed by atoms with Crippen LogP contribution in [0.15, 0.2) is 25.3 Å². The highest BCUT2D eigenvalue weighted by molar-refractivity contribution is 5.02. The summed E-state index contributed by atoms with van der Waals surface area (Å²) in [7, 11) is 0. The molecule has 1 nitrogen and oxygen atoms in total. The quantitative estimate of drug-likeness (QED) is 0.593. The first kappa shape index (κ1) is 9.44. The molecule has 58 valence electrons. The van der Waals surface area contributed by atoms with E-state index < -0.39 is 5.60 Å². The predicted octanol–water partition coefficient (Wildman–Crippen LogP) is 2.14. The zero-order chi connectivity index (χ0) is 8.20. The van der Waals surface area contributed by atoms with E-state index in [1.165, 1.54) is 0 Å². The Balaban J connectivity index is 4.24. The third-order valence-electron chi connectivity index (χ3n) is 1.89. The fourth-order valence-electron chi connectivity index (χ4n) is 0.970. The van der Waals surface area contributed by atoms with Crippen LogP contribution in [0.2, 0.25) is 0 Å². The minimum absolute atomic E-state index is 0.116. The van der Waals surface area contributed by atoms with Crippen LogP contribution < -0.4 is 0 Å². The molecular weight excluding hydrogens is 124 g/mol. The maximum absolute atomic E-state index is 9.59. The van der Waals surface area contributed by atoms with E-state index in [0.717, 1.165) is 6.42 Å². The van der Waals surface area contributed by atoms with Crippen LogP contribution in [0, 0.1) is 5.92 Å². The first-order valence-corrected chi connectivity index (χ1v) is 3.57. The van der Waals surface area contributed by atoms with Gasteiger partial charge in [0.15, 0.2) is 0 Å². The number of hydrogen-bond donors (Lipinski definition) is 1. The van der Waals surface area contributed by atoms with E-state index in [2.05, 4.69) is 13.2 Å². The summed E-state index contributed by atoms with van der Waals surface area (Å²) >= 11 is 0. The molecule has 0 aromatic heterocycles. The van der Waals surface area contributed by atoms with Crippen molar-refractivity contribution < 1.29 is 5.11 Å². The third kappa shape index (κ3) is 1.99. The molecule has 0 aliphatic heterocycles. The van der Waals surface area contributed by atoms with Crippen LogP contribution in [-0.2, 0) is 0 Å². The Morgan fingerprint density at radius 3 is 2.20 bits per heavy atom. The van der Waals surface area contributed by atoms with Crippen molar-refractivity contribution in [3.05, 3.63) is 25.3 Å². The molecule has 0 aliphatic carbocycles. The van der Waals surface area contributed by atoms with Crippen molar-refractivity contribution in [3.63, 3.8) is 0 Å². The van der Waals surface area contributed by atoms with E-state index >= 15 is 0 Å². The van der Waals surface area contributed by atoms with Crippen LogP contribution in [0.1, 0.15) is 20.3 Å². The molecule has 0 aromatic carbocycles. The Morgan fingerprint density at radius 1 is 1.60 bits per heavy atom. The smallest absolute Gasteiger partial charge is 0.0859 e. The van der Waals surface area contributed by atoms with Gasteiger partial charge in [0.25, 0.3) is 0 Å². The Labute approximate surface area is 63.1 Å². The molecule has 0 saturated carbocycles. The van der Waals surface area contributed by atoms with E-state index in [0.29, 0.717) is 0 Å². The van der Waals surface area contributed by atoms with E-state index in [9.17, 15) is 5.11 Å². The summed E-state index contributed by atoms with van der Waals surface area (Å²) in [4.78, 5) is 0. The molecule has 0 radical (unpaired) electrons. The first-order valence-electron chi connectivity index (χ1n) is 3.57. The molecule has 10 heavy (non-hydrogen) atoms. The summed E-state index contributed by atoms with van der Waals surface area (Å²) in [5.74, 6) is 0.116. The van der Waals surface area contributed by atoms with Gasteiger partial charge in [-0.15, -0.1) is 13.2 Å². The summed E-state index contributed by atoms with van der Waals surface area (Å²) in [6, 6.07) is 0. The normalized spacial score (nSPS) is 19.1. The van der Waals surface area contributed by atoms with Crippen molar-refractivity contribution in [2.24, 2.45) is 5.92 Å². The molecule has 0 aliphatic rings. The van der Waals surface area contributed by atoms with Gasteiger partial charge in [0.2, 0.25) is 0 Å².